The predicted octanol–water partition coefficient (Wildman–Crippen LogP) is 1.12. The highest BCUT2D eigenvalue weighted by Crippen LogP contribution is 2.18. The first-order chi connectivity index (χ1) is 9.28. The molecule has 1 fully saturated rings. The Morgan fingerprint density at radius 3 is 2.84 bits per heavy atom. The first kappa shape index (κ1) is 14.1. The fourth-order valence-corrected chi connectivity index (χ4v) is 2.52. The van der Waals surface area contributed by atoms with Crippen molar-refractivity contribution in [2.75, 3.05) is 26.2 Å². The number of carbonyl (C=O) groups excluding carboxylic acids is 1. The number of piperidine rings is 1. The Balaban J connectivity index is 1.66. The molecule has 1 aliphatic rings. The van der Waals surface area contributed by atoms with Gasteiger partial charge >= 0.3 is 0 Å². The van der Waals surface area contributed by atoms with E-state index in [0.29, 0.717) is 12.5 Å². The lowest BCUT2D eigenvalue weighted by Crippen LogP contribution is -2.42. The Hall–Kier alpha value is -1.36. The van der Waals surface area contributed by atoms with E-state index in [1.165, 1.54) is 0 Å². The molecule has 1 aromatic heterocycles. The van der Waals surface area contributed by atoms with Crippen molar-refractivity contribution in [2.45, 2.75) is 32.7 Å². The number of hydrogen-bond acceptors (Lipinski definition) is 3. The van der Waals surface area contributed by atoms with E-state index in [0.717, 1.165) is 45.4 Å². The van der Waals surface area contributed by atoms with Crippen LogP contribution >= 0.6 is 0 Å². The first-order valence-electron chi connectivity index (χ1n) is 7.24. The van der Waals surface area contributed by atoms with Gasteiger partial charge in [-0.2, -0.15) is 5.10 Å². The SMILES string of the molecule is CCCNC(=O)CN1CCC(Cn2cccn2)CC1. The van der Waals surface area contributed by atoms with Crippen molar-refractivity contribution in [3.05, 3.63) is 18.5 Å². The third-order valence-corrected chi connectivity index (χ3v) is 3.65. The number of amides is 1. The van der Waals surface area contributed by atoms with E-state index < -0.39 is 0 Å². The highest BCUT2D eigenvalue weighted by molar-refractivity contribution is 5.77. The summed E-state index contributed by atoms with van der Waals surface area (Å²) in [6.07, 6.45) is 7.15. The van der Waals surface area contributed by atoms with Gasteiger partial charge in [-0.15, -0.1) is 0 Å². The molecule has 0 aliphatic carbocycles. The molecule has 5 heteroatoms. The van der Waals surface area contributed by atoms with Crippen molar-refractivity contribution in [1.82, 2.24) is 20.0 Å². The Kier molecular flexibility index (Phi) is 5.39. The molecular formula is C14H24N4O. The average Bonchev–Trinajstić information content (AvgIpc) is 2.91. The zero-order valence-corrected chi connectivity index (χ0v) is 11.7. The van der Waals surface area contributed by atoms with Gasteiger partial charge in [-0.1, -0.05) is 6.92 Å². The summed E-state index contributed by atoms with van der Waals surface area (Å²) < 4.78 is 2.01. The van der Waals surface area contributed by atoms with E-state index in [1.54, 1.807) is 0 Å². The number of aromatic nitrogens is 2. The Labute approximate surface area is 115 Å². The van der Waals surface area contributed by atoms with E-state index in [-0.39, 0.29) is 5.91 Å². The molecular weight excluding hydrogens is 240 g/mol. The quantitative estimate of drug-likeness (QED) is 0.837. The van der Waals surface area contributed by atoms with Gasteiger partial charge in [-0.3, -0.25) is 14.4 Å². The first-order valence-corrected chi connectivity index (χ1v) is 7.24. The molecule has 5 nitrogen and oxygen atoms in total. The van der Waals surface area contributed by atoms with Gasteiger partial charge in [0.25, 0.3) is 0 Å². The summed E-state index contributed by atoms with van der Waals surface area (Å²) in [4.78, 5) is 13.9. The topological polar surface area (TPSA) is 50.2 Å². The molecule has 106 valence electrons. The molecule has 2 rings (SSSR count). The van der Waals surface area contributed by atoms with Gasteiger partial charge in [0.05, 0.1) is 6.54 Å². The standard InChI is InChI=1S/C14H24N4O/c1-2-6-15-14(19)12-17-9-4-13(5-10-17)11-18-8-3-7-16-18/h3,7-8,13H,2,4-6,9-12H2,1H3,(H,15,19). The Morgan fingerprint density at radius 2 is 2.21 bits per heavy atom. The number of nitrogens with one attached hydrogen (secondary N) is 1. The smallest absolute Gasteiger partial charge is 0.234 e. The summed E-state index contributed by atoms with van der Waals surface area (Å²) in [5, 5.41) is 7.18. The maximum absolute atomic E-state index is 11.6. The number of nitrogens with zero attached hydrogens (tertiary/aromatic N) is 3. The van der Waals surface area contributed by atoms with Crippen molar-refractivity contribution in [3.8, 4) is 0 Å². The molecule has 19 heavy (non-hydrogen) atoms. The van der Waals surface area contributed by atoms with Crippen LogP contribution in [0.25, 0.3) is 0 Å². The van der Waals surface area contributed by atoms with Crippen LogP contribution in [0.5, 0.6) is 0 Å². The van der Waals surface area contributed by atoms with Gasteiger partial charge in [0.2, 0.25) is 5.91 Å². The monoisotopic (exact) mass is 264 g/mol. The molecule has 0 radical (unpaired) electrons. The number of carbonyl (C=O) groups is 1. The molecule has 0 spiro atoms. The van der Waals surface area contributed by atoms with Gasteiger partial charge in [0.15, 0.2) is 0 Å². The van der Waals surface area contributed by atoms with E-state index in [2.05, 4.69) is 22.2 Å². The summed E-state index contributed by atoms with van der Waals surface area (Å²) in [6.45, 7) is 6.45. The number of likely N-dealkylation sites (tertiary alicyclic amines) is 1. The fraction of sp³-hybridized carbons (Fsp3) is 0.714. The van der Waals surface area contributed by atoms with Crippen LogP contribution in [-0.2, 0) is 11.3 Å². The minimum Gasteiger partial charge on any atom is -0.355 e. The van der Waals surface area contributed by atoms with Gasteiger partial charge in [0, 0.05) is 25.5 Å². The Bertz CT molecular complexity index is 369. The molecule has 1 amide bonds. The van der Waals surface area contributed by atoms with Crippen LogP contribution in [0.4, 0.5) is 0 Å². The molecule has 1 N–H and O–H groups in total. The van der Waals surface area contributed by atoms with Gasteiger partial charge in [0.1, 0.15) is 0 Å². The molecule has 0 saturated carbocycles. The molecule has 0 unspecified atom stereocenters. The van der Waals surface area contributed by atoms with Crippen molar-refractivity contribution in [1.29, 1.82) is 0 Å². The lowest BCUT2D eigenvalue weighted by molar-refractivity contribution is -0.122. The average molecular weight is 264 g/mol. The summed E-state index contributed by atoms with van der Waals surface area (Å²) >= 11 is 0. The highest BCUT2D eigenvalue weighted by atomic mass is 16.2. The lowest BCUT2D eigenvalue weighted by Gasteiger charge is -2.31. The van der Waals surface area contributed by atoms with Crippen molar-refractivity contribution < 1.29 is 4.79 Å². The minimum atomic E-state index is 0.160. The lowest BCUT2D eigenvalue weighted by atomic mass is 9.97. The van der Waals surface area contributed by atoms with E-state index in [4.69, 9.17) is 0 Å². The summed E-state index contributed by atoms with van der Waals surface area (Å²) in [5.41, 5.74) is 0. The van der Waals surface area contributed by atoms with Crippen LogP contribution in [0.2, 0.25) is 0 Å². The minimum absolute atomic E-state index is 0.160. The largest absolute Gasteiger partial charge is 0.355 e. The molecule has 1 aromatic rings. The Morgan fingerprint density at radius 1 is 1.42 bits per heavy atom. The van der Waals surface area contributed by atoms with E-state index in [1.807, 2.05) is 23.1 Å². The number of rotatable bonds is 6. The summed E-state index contributed by atoms with van der Waals surface area (Å²) in [6, 6.07) is 1.97. The second-order valence-corrected chi connectivity index (χ2v) is 5.30. The van der Waals surface area contributed by atoms with Crippen LogP contribution in [0.15, 0.2) is 18.5 Å². The summed E-state index contributed by atoms with van der Waals surface area (Å²) in [5.74, 6) is 0.849. The maximum Gasteiger partial charge on any atom is 0.234 e. The molecule has 2 heterocycles. The predicted molar refractivity (Wildman–Crippen MR) is 74.7 cm³/mol. The highest BCUT2D eigenvalue weighted by Gasteiger charge is 2.20. The van der Waals surface area contributed by atoms with Gasteiger partial charge in [-0.25, -0.2) is 0 Å². The van der Waals surface area contributed by atoms with Crippen LogP contribution in [0.3, 0.4) is 0 Å². The second-order valence-electron chi connectivity index (χ2n) is 5.30. The molecule has 1 aliphatic heterocycles. The molecule has 0 bridgehead atoms. The zero-order valence-electron chi connectivity index (χ0n) is 11.7. The van der Waals surface area contributed by atoms with Crippen LogP contribution in [-0.4, -0.2) is 46.8 Å². The van der Waals surface area contributed by atoms with Crippen LogP contribution in [0.1, 0.15) is 26.2 Å². The van der Waals surface area contributed by atoms with Gasteiger partial charge < -0.3 is 5.32 Å². The van der Waals surface area contributed by atoms with Crippen LogP contribution in [0, 0.1) is 5.92 Å². The second kappa shape index (κ2) is 7.28. The summed E-state index contributed by atoms with van der Waals surface area (Å²) in [7, 11) is 0. The zero-order chi connectivity index (χ0) is 13.5. The van der Waals surface area contributed by atoms with Gasteiger partial charge in [-0.05, 0) is 44.3 Å². The van der Waals surface area contributed by atoms with E-state index in [9.17, 15) is 4.79 Å². The van der Waals surface area contributed by atoms with Crippen LogP contribution < -0.4 is 5.32 Å². The van der Waals surface area contributed by atoms with Crippen molar-refractivity contribution in [3.63, 3.8) is 0 Å². The molecule has 0 atom stereocenters. The normalized spacial score (nSPS) is 17.5. The van der Waals surface area contributed by atoms with Crippen molar-refractivity contribution in [2.24, 2.45) is 5.92 Å². The number of hydrogen-bond donors (Lipinski definition) is 1. The van der Waals surface area contributed by atoms with Crippen molar-refractivity contribution >= 4 is 5.91 Å². The van der Waals surface area contributed by atoms with E-state index >= 15 is 0 Å². The third kappa shape index (κ3) is 4.67. The maximum atomic E-state index is 11.6. The molecule has 1 saturated heterocycles. The molecule has 0 aromatic carbocycles. The fourth-order valence-electron chi connectivity index (χ4n) is 2.52. The third-order valence-electron chi connectivity index (χ3n) is 3.65.